The van der Waals surface area contributed by atoms with Gasteiger partial charge in [-0.2, -0.15) is 5.26 Å². The molecule has 1 rings (SSSR count). The molecule has 0 N–H and O–H groups in total. The van der Waals surface area contributed by atoms with Gasteiger partial charge in [-0.15, -0.1) is 0 Å². The Hall–Kier alpha value is -1.34. The third-order valence-corrected chi connectivity index (χ3v) is 3.05. The van der Waals surface area contributed by atoms with Crippen molar-refractivity contribution in [3.63, 3.8) is 0 Å². The SMILES string of the molecule is CCN(CCC#N)c1cc(Br)ccc1C(C)=O. The zero-order valence-electron chi connectivity index (χ0n) is 10.0. The number of nitrogens with zero attached hydrogens (tertiary/aromatic N) is 2. The van der Waals surface area contributed by atoms with Crippen LogP contribution in [-0.2, 0) is 0 Å². The highest BCUT2D eigenvalue weighted by atomic mass is 79.9. The number of nitriles is 1. The molecule has 1 aromatic rings. The predicted molar refractivity (Wildman–Crippen MR) is 72.3 cm³/mol. The molecule has 0 unspecified atom stereocenters. The molecule has 0 saturated carbocycles. The first-order chi connectivity index (χ1) is 8.10. The normalized spacial score (nSPS) is 9.76. The lowest BCUT2D eigenvalue weighted by molar-refractivity contribution is 0.101. The molecular formula is C13H15BrN2O. The Labute approximate surface area is 110 Å². The van der Waals surface area contributed by atoms with Crippen LogP contribution >= 0.6 is 15.9 Å². The number of hydrogen-bond donors (Lipinski definition) is 0. The zero-order chi connectivity index (χ0) is 12.8. The molecule has 0 saturated heterocycles. The van der Waals surface area contributed by atoms with E-state index < -0.39 is 0 Å². The molecule has 0 aliphatic carbocycles. The average molecular weight is 295 g/mol. The van der Waals surface area contributed by atoms with Crippen molar-refractivity contribution in [2.75, 3.05) is 18.0 Å². The summed E-state index contributed by atoms with van der Waals surface area (Å²) in [7, 11) is 0. The standard InChI is InChI=1S/C13H15BrN2O/c1-3-16(8-4-7-15)13-9-11(14)5-6-12(13)10(2)17/h5-6,9H,3-4,8H2,1-2H3. The lowest BCUT2D eigenvalue weighted by atomic mass is 10.1. The van der Waals surface area contributed by atoms with Crippen LogP contribution in [-0.4, -0.2) is 18.9 Å². The molecule has 0 radical (unpaired) electrons. The molecule has 3 nitrogen and oxygen atoms in total. The van der Waals surface area contributed by atoms with E-state index >= 15 is 0 Å². The van der Waals surface area contributed by atoms with Gasteiger partial charge >= 0.3 is 0 Å². The van der Waals surface area contributed by atoms with Crippen molar-refractivity contribution in [2.24, 2.45) is 0 Å². The van der Waals surface area contributed by atoms with Crippen molar-refractivity contribution >= 4 is 27.4 Å². The maximum Gasteiger partial charge on any atom is 0.161 e. The summed E-state index contributed by atoms with van der Waals surface area (Å²) in [5.41, 5.74) is 1.60. The van der Waals surface area contributed by atoms with Crippen molar-refractivity contribution in [3.8, 4) is 6.07 Å². The number of rotatable bonds is 5. The zero-order valence-corrected chi connectivity index (χ0v) is 11.6. The summed E-state index contributed by atoms with van der Waals surface area (Å²) >= 11 is 3.41. The van der Waals surface area contributed by atoms with Gasteiger partial charge in [-0.25, -0.2) is 0 Å². The van der Waals surface area contributed by atoms with E-state index in [9.17, 15) is 4.79 Å². The summed E-state index contributed by atoms with van der Waals surface area (Å²) in [5, 5.41) is 8.64. The van der Waals surface area contributed by atoms with E-state index in [1.165, 1.54) is 0 Å². The molecule has 17 heavy (non-hydrogen) atoms. The molecule has 0 spiro atoms. The first-order valence-corrected chi connectivity index (χ1v) is 6.31. The maximum absolute atomic E-state index is 11.6. The quantitative estimate of drug-likeness (QED) is 0.782. The summed E-state index contributed by atoms with van der Waals surface area (Å²) in [4.78, 5) is 13.6. The highest BCUT2D eigenvalue weighted by Gasteiger charge is 2.13. The second kappa shape index (κ2) is 6.41. The van der Waals surface area contributed by atoms with Crippen molar-refractivity contribution in [1.29, 1.82) is 5.26 Å². The Morgan fingerprint density at radius 2 is 2.24 bits per heavy atom. The van der Waals surface area contributed by atoms with Gasteiger partial charge in [0.25, 0.3) is 0 Å². The number of benzene rings is 1. The van der Waals surface area contributed by atoms with Crippen molar-refractivity contribution in [3.05, 3.63) is 28.2 Å². The van der Waals surface area contributed by atoms with Crippen LogP contribution in [0.5, 0.6) is 0 Å². The average Bonchev–Trinajstić information content (AvgIpc) is 2.29. The van der Waals surface area contributed by atoms with E-state index in [0.29, 0.717) is 18.5 Å². The van der Waals surface area contributed by atoms with Crippen LogP contribution < -0.4 is 4.90 Å². The number of halogens is 1. The van der Waals surface area contributed by atoms with Crippen LogP contribution in [0.15, 0.2) is 22.7 Å². The smallest absolute Gasteiger partial charge is 0.161 e. The number of carbonyl (C=O) groups is 1. The molecule has 0 aliphatic rings. The Morgan fingerprint density at radius 1 is 1.53 bits per heavy atom. The van der Waals surface area contributed by atoms with Crippen LogP contribution in [0.3, 0.4) is 0 Å². The topological polar surface area (TPSA) is 44.1 Å². The summed E-state index contributed by atoms with van der Waals surface area (Å²) in [6.07, 6.45) is 0.456. The number of ketones is 1. The van der Waals surface area contributed by atoms with Gasteiger partial charge in [-0.1, -0.05) is 15.9 Å². The molecule has 0 fully saturated rings. The molecule has 0 bridgehead atoms. The molecule has 0 heterocycles. The fraction of sp³-hybridized carbons (Fsp3) is 0.385. The van der Waals surface area contributed by atoms with Gasteiger partial charge in [0.15, 0.2) is 5.78 Å². The van der Waals surface area contributed by atoms with Gasteiger partial charge in [0.2, 0.25) is 0 Å². The minimum absolute atomic E-state index is 0.0444. The summed E-state index contributed by atoms with van der Waals surface area (Å²) in [6.45, 7) is 5.00. The highest BCUT2D eigenvalue weighted by Crippen LogP contribution is 2.25. The Balaban J connectivity index is 3.12. The lowest BCUT2D eigenvalue weighted by Gasteiger charge is -2.24. The van der Waals surface area contributed by atoms with Gasteiger partial charge in [-0.05, 0) is 32.0 Å². The fourth-order valence-corrected chi connectivity index (χ4v) is 2.05. The van der Waals surface area contributed by atoms with E-state index in [4.69, 9.17) is 5.26 Å². The lowest BCUT2D eigenvalue weighted by Crippen LogP contribution is -2.25. The van der Waals surface area contributed by atoms with E-state index in [1.807, 2.05) is 30.0 Å². The van der Waals surface area contributed by atoms with Crippen LogP contribution in [0, 0.1) is 11.3 Å². The largest absolute Gasteiger partial charge is 0.370 e. The third kappa shape index (κ3) is 3.57. The Morgan fingerprint density at radius 3 is 2.76 bits per heavy atom. The first kappa shape index (κ1) is 13.7. The maximum atomic E-state index is 11.6. The number of Topliss-reactive ketones (excluding diaryl/α,β-unsaturated/α-hetero) is 1. The van der Waals surface area contributed by atoms with Crippen molar-refractivity contribution < 1.29 is 4.79 Å². The van der Waals surface area contributed by atoms with E-state index in [1.54, 1.807) is 6.92 Å². The summed E-state index contributed by atoms with van der Waals surface area (Å²) in [5.74, 6) is 0.0444. The summed E-state index contributed by atoms with van der Waals surface area (Å²) in [6, 6.07) is 7.73. The van der Waals surface area contributed by atoms with Gasteiger partial charge in [0.05, 0.1) is 12.5 Å². The monoisotopic (exact) mass is 294 g/mol. The van der Waals surface area contributed by atoms with E-state index in [-0.39, 0.29) is 5.78 Å². The fourth-order valence-electron chi connectivity index (χ4n) is 1.70. The highest BCUT2D eigenvalue weighted by molar-refractivity contribution is 9.10. The van der Waals surface area contributed by atoms with Crippen LogP contribution in [0.4, 0.5) is 5.69 Å². The summed E-state index contributed by atoms with van der Waals surface area (Å²) < 4.78 is 0.938. The molecule has 0 atom stereocenters. The van der Waals surface area contributed by atoms with Crippen LogP contribution in [0.25, 0.3) is 0 Å². The van der Waals surface area contributed by atoms with Gasteiger partial charge in [0, 0.05) is 28.8 Å². The first-order valence-electron chi connectivity index (χ1n) is 5.52. The molecule has 0 aromatic heterocycles. The van der Waals surface area contributed by atoms with Crippen molar-refractivity contribution in [2.45, 2.75) is 20.3 Å². The Bertz CT molecular complexity index is 451. The minimum atomic E-state index is 0.0444. The molecule has 90 valence electrons. The molecular weight excluding hydrogens is 280 g/mol. The Kier molecular flexibility index (Phi) is 5.17. The van der Waals surface area contributed by atoms with Crippen LogP contribution in [0.1, 0.15) is 30.6 Å². The second-order valence-corrected chi connectivity index (χ2v) is 4.62. The molecule has 1 aromatic carbocycles. The minimum Gasteiger partial charge on any atom is -0.370 e. The van der Waals surface area contributed by atoms with Gasteiger partial charge in [0.1, 0.15) is 0 Å². The van der Waals surface area contributed by atoms with E-state index in [0.717, 1.165) is 16.7 Å². The van der Waals surface area contributed by atoms with Gasteiger partial charge in [-0.3, -0.25) is 4.79 Å². The van der Waals surface area contributed by atoms with Crippen molar-refractivity contribution in [1.82, 2.24) is 0 Å². The van der Waals surface area contributed by atoms with Gasteiger partial charge < -0.3 is 4.90 Å². The third-order valence-electron chi connectivity index (χ3n) is 2.56. The molecule has 4 heteroatoms. The number of hydrogen-bond acceptors (Lipinski definition) is 3. The number of anilines is 1. The van der Waals surface area contributed by atoms with E-state index in [2.05, 4.69) is 22.0 Å². The molecule has 0 aliphatic heterocycles. The van der Waals surface area contributed by atoms with Crippen LogP contribution in [0.2, 0.25) is 0 Å². The molecule has 0 amide bonds. The predicted octanol–water partition coefficient (Wildman–Crippen LogP) is 3.39. The number of carbonyl (C=O) groups excluding carboxylic acids is 1. The second-order valence-electron chi connectivity index (χ2n) is 3.71.